The van der Waals surface area contributed by atoms with Crippen molar-refractivity contribution in [3.63, 3.8) is 0 Å². The number of fused-ring (bicyclic) bond motifs is 1. The molecule has 1 unspecified atom stereocenters. The van der Waals surface area contributed by atoms with E-state index in [0.717, 1.165) is 16.5 Å². The third-order valence-electron chi connectivity index (χ3n) is 3.60. The fraction of sp³-hybridized carbons (Fsp3) is 0.118. The summed E-state index contributed by atoms with van der Waals surface area (Å²) in [6.07, 6.45) is 1.80. The highest BCUT2D eigenvalue weighted by molar-refractivity contribution is 6.30. The van der Waals surface area contributed by atoms with E-state index < -0.39 is 6.04 Å². The Morgan fingerprint density at radius 2 is 1.95 bits per heavy atom. The number of H-pyrrole nitrogens is 1. The average Bonchev–Trinajstić information content (AvgIpc) is 3.01. The molecule has 22 heavy (non-hydrogen) atoms. The maximum atomic E-state index is 12.5. The SMILES string of the molecule is O=C(NC(CO)c1ccc(Cl)cc1)c1cccc2[nH]ccc12. The van der Waals surface area contributed by atoms with Crippen LogP contribution in [0.3, 0.4) is 0 Å². The summed E-state index contributed by atoms with van der Waals surface area (Å²) in [6, 6.07) is 13.9. The molecule has 0 saturated heterocycles. The molecule has 1 atom stereocenters. The molecule has 5 heteroatoms. The van der Waals surface area contributed by atoms with Crippen molar-refractivity contribution in [2.45, 2.75) is 6.04 Å². The minimum Gasteiger partial charge on any atom is -0.394 e. The number of aliphatic hydroxyl groups is 1. The minimum atomic E-state index is -0.473. The van der Waals surface area contributed by atoms with Crippen LogP contribution < -0.4 is 5.32 Å². The van der Waals surface area contributed by atoms with Crippen molar-refractivity contribution in [2.24, 2.45) is 0 Å². The van der Waals surface area contributed by atoms with Gasteiger partial charge in [-0.2, -0.15) is 0 Å². The van der Waals surface area contributed by atoms with E-state index in [2.05, 4.69) is 10.3 Å². The Balaban J connectivity index is 1.86. The summed E-state index contributed by atoms with van der Waals surface area (Å²) < 4.78 is 0. The molecule has 0 saturated carbocycles. The highest BCUT2D eigenvalue weighted by Crippen LogP contribution is 2.20. The fourth-order valence-electron chi connectivity index (χ4n) is 2.45. The smallest absolute Gasteiger partial charge is 0.252 e. The number of hydrogen-bond acceptors (Lipinski definition) is 2. The first-order valence-electron chi connectivity index (χ1n) is 6.92. The predicted octanol–water partition coefficient (Wildman–Crippen LogP) is 3.28. The Kier molecular flexibility index (Phi) is 4.13. The number of aliphatic hydroxyl groups excluding tert-OH is 1. The molecule has 112 valence electrons. The van der Waals surface area contributed by atoms with Crippen molar-refractivity contribution in [1.29, 1.82) is 0 Å². The summed E-state index contributed by atoms with van der Waals surface area (Å²) in [5, 5.41) is 13.9. The van der Waals surface area contributed by atoms with Crippen molar-refractivity contribution in [1.82, 2.24) is 10.3 Å². The zero-order chi connectivity index (χ0) is 15.5. The zero-order valence-corrected chi connectivity index (χ0v) is 12.5. The van der Waals surface area contributed by atoms with Gasteiger partial charge in [-0.3, -0.25) is 4.79 Å². The molecule has 0 fully saturated rings. The predicted molar refractivity (Wildman–Crippen MR) is 87.0 cm³/mol. The van der Waals surface area contributed by atoms with Gasteiger partial charge >= 0.3 is 0 Å². The minimum absolute atomic E-state index is 0.184. The summed E-state index contributed by atoms with van der Waals surface area (Å²) in [6.45, 7) is -0.184. The number of aromatic amines is 1. The molecule has 1 amide bonds. The van der Waals surface area contributed by atoms with E-state index in [9.17, 15) is 9.90 Å². The maximum absolute atomic E-state index is 12.5. The van der Waals surface area contributed by atoms with Crippen LogP contribution in [0.1, 0.15) is 22.0 Å². The highest BCUT2D eigenvalue weighted by atomic mass is 35.5. The number of amides is 1. The van der Waals surface area contributed by atoms with Crippen LogP contribution in [0.25, 0.3) is 10.9 Å². The lowest BCUT2D eigenvalue weighted by molar-refractivity contribution is 0.0918. The number of halogens is 1. The Morgan fingerprint density at radius 3 is 2.68 bits per heavy atom. The number of carbonyl (C=O) groups excluding carboxylic acids is 1. The van der Waals surface area contributed by atoms with Crippen LogP contribution in [0.5, 0.6) is 0 Å². The van der Waals surface area contributed by atoms with E-state index in [1.165, 1.54) is 0 Å². The Hall–Kier alpha value is -2.30. The molecule has 1 heterocycles. The molecular formula is C17H15ClN2O2. The summed E-state index contributed by atoms with van der Waals surface area (Å²) in [4.78, 5) is 15.6. The number of hydrogen-bond donors (Lipinski definition) is 3. The Bertz CT molecular complexity index is 796. The van der Waals surface area contributed by atoms with Crippen LogP contribution in [-0.4, -0.2) is 22.6 Å². The first-order chi connectivity index (χ1) is 10.7. The van der Waals surface area contributed by atoms with E-state index in [4.69, 9.17) is 11.6 Å². The van der Waals surface area contributed by atoms with Crippen LogP contribution >= 0.6 is 11.6 Å². The van der Waals surface area contributed by atoms with Gasteiger partial charge < -0.3 is 15.4 Å². The van der Waals surface area contributed by atoms with E-state index in [1.54, 1.807) is 36.5 Å². The van der Waals surface area contributed by atoms with E-state index in [0.29, 0.717) is 10.6 Å². The second kappa shape index (κ2) is 6.22. The van der Waals surface area contributed by atoms with Crippen molar-refractivity contribution >= 4 is 28.4 Å². The van der Waals surface area contributed by atoms with Gasteiger partial charge in [-0.15, -0.1) is 0 Å². The number of aromatic nitrogens is 1. The second-order valence-corrected chi connectivity index (χ2v) is 5.44. The van der Waals surface area contributed by atoms with Crippen LogP contribution in [-0.2, 0) is 0 Å². The van der Waals surface area contributed by atoms with E-state index in [-0.39, 0.29) is 12.5 Å². The summed E-state index contributed by atoms with van der Waals surface area (Å²) in [7, 11) is 0. The van der Waals surface area contributed by atoms with E-state index in [1.807, 2.05) is 18.2 Å². The van der Waals surface area contributed by atoms with Crippen molar-refractivity contribution < 1.29 is 9.90 Å². The lowest BCUT2D eigenvalue weighted by atomic mass is 10.1. The van der Waals surface area contributed by atoms with Crippen molar-refractivity contribution in [3.05, 3.63) is 70.9 Å². The average molecular weight is 315 g/mol. The van der Waals surface area contributed by atoms with Crippen molar-refractivity contribution in [3.8, 4) is 0 Å². The van der Waals surface area contributed by atoms with Gasteiger partial charge in [0.05, 0.1) is 12.6 Å². The molecule has 2 aromatic carbocycles. The number of rotatable bonds is 4. The van der Waals surface area contributed by atoms with Crippen molar-refractivity contribution in [2.75, 3.05) is 6.61 Å². The molecule has 0 aliphatic carbocycles. The van der Waals surface area contributed by atoms with Crippen LogP contribution in [0, 0.1) is 0 Å². The van der Waals surface area contributed by atoms with Gasteiger partial charge in [0.15, 0.2) is 0 Å². The first-order valence-corrected chi connectivity index (χ1v) is 7.30. The molecule has 1 aromatic heterocycles. The standard InChI is InChI=1S/C17H15ClN2O2/c18-12-6-4-11(5-7-12)16(10-21)20-17(22)14-2-1-3-15-13(14)8-9-19-15/h1-9,16,19,21H,10H2,(H,20,22). The normalized spacial score (nSPS) is 12.3. The number of carbonyl (C=O) groups is 1. The summed E-state index contributed by atoms with van der Waals surface area (Å²) >= 11 is 5.86. The first kappa shape index (κ1) is 14.6. The van der Waals surface area contributed by atoms with Gasteiger partial charge in [-0.25, -0.2) is 0 Å². The fourth-order valence-corrected chi connectivity index (χ4v) is 2.57. The monoisotopic (exact) mass is 314 g/mol. The van der Waals surface area contributed by atoms with Gasteiger partial charge in [0.25, 0.3) is 5.91 Å². The second-order valence-electron chi connectivity index (χ2n) is 5.00. The van der Waals surface area contributed by atoms with Gasteiger partial charge in [0, 0.05) is 27.7 Å². The molecule has 0 spiro atoms. The molecule has 4 nitrogen and oxygen atoms in total. The third kappa shape index (κ3) is 2.84. The topological polar surface area (TPSA) is 65.1 Å². The Morgan fingerprint density at radius 1 is 1.18 bits per heavy atom. The van der Waals surface area contributed by atoms with Crippen LogP contribution in [0.2, 0.25) is 5.02 Å². The third-order valence-corrected chi connectivity index (χ3v) is 3.85. The number of benzene rings is 2. The van der Waals surface area contributed by atoms with Gasteiger partial charge in [-0.1, -0.05) is 29.8 Å². The molecule has 3 aromatic rings. The molecule has 3 rings (SSSR count). The lowest BCUT2D eigenvalue weighted by Gasteiger charge is -2.17. The summed E-state index contributed by atoms with van der Waals surface area (Å²) in [5.41, 5.74) is 2.28. The zero-order valence-electron chi connectivity index (χ0n) is 11.7. The maximum Gasteiger partial charge on any atom is 0.252 e. The molecule has 0 radical (unpaired) electrons. The molecule has 0 aliphatic heterocycles. The summed E-state index contributed by atoms with van der Waals surface area (Å²) in [5.74, 6) is -0.223. The van der Waals surface area contributed by atoms with Gasteiger partial charge in [0.2, 0.25) is 0 Å². The molecular weight excluding hydrogens is 300 g/mol. The molecule has 0 bridgehead atoms. The van der Waals surface area contributed by atoms with Gasteiger partial charge in [-0.05, 0) is 35.9 Å². The highest BCUT2D eigenvalue weighted by Gasteiger charge is 2.16. The lowest BCUT2D eigenvalue weighted by Crippen LogP contribution is -2.30. The molecule has 3 N–H and O–H groups in total. The largest absolute Gasteiger partial charge is 0.394 e. The number of nitrogens with one attached hydrogen (secondary N) is 2. The quantitative estimate of drug-likeness (QED) is 0.692. The van der Waals surface area contributed by atoms with Crippen LogP contribution in [0.4, 0.5) is 0 Å². The molecule has 0 aliphatic rings. The van der Waals surface area contributed by atoms with E-state index >= 15 is 0 Å². The van der Waals surface area contributed by atoms with Crippen LogP contribution in [0.15, 0.2) is 54.7 Å². The van der Waals surface area contributed by atoms with Gasteiger partial charge in [0.1, 0.15) is 0 Å². The Labute approximate surface area is 132 Å².